The number of aliphatic hydroxyl groups is 3. The molecule has 1 rings (SSSR count). The molecule has 0 aromatic carbocycles. The molecule has 0 radical (unpaired) electrons. The van der Waals surface area contributed by atoms with Crippen LogP contribution in [0.3, 0.4) is 0 Å². The zero-order valence-corrected chi connectivity index (χ0v) is 8.97. The Hall–Kier alpha value is -0.210. The number of ether oxygens (including phenoxy) is 2. The number of aliphatic hydroxyl groups excluding tert-OH is 3. The molecule has 0 aliphatic carbocycles. The van der Waals surface area contributed by atoms with Gasteiger partial charge in [0.25, 0.3) is 4.70 Å². The fraction of sp³-hybridized carbons (Fsp3) is 0.857. The molecule has 3 N–H and O–H groups in total. The number of rotatable bonds is 1. The van der Waals surface area contributed by atoms with E-state index in [1.54, 1.807) is 0 Å². The van der Waals surface area contributed by atoms with Crippen LogP contribution in [-0.2, 0) is 14.3 Å². The molecule has 0 aromatic rings. The molecule has 0 amide bonds. The van der Waals surface area contributed by atoms with Gasteiger partial charge in [-0.1, -0.05) is 0 Å². The van der Waals surface area contributed by atoms with Crippen LogP contribution in [0.2, 0.25) is 0 Å². The Kier molecular flexibility index (Phi) is 3.49. The minimum Gasteiger partial charge on any atom is -0.420 e. The Labute approximate surface area is 88.6 Å². The first-order valence-corrected chi connectivity index (χ1v) is 4.73. The van der Waals surface area contributed by atoms with Crippen molar-refractivity contribution in [3.05, 3.63) is 0 Å². The van der Waals surface area contributed by atoms with E-state index in [-0.39, 0.29) is 6.61 Å². The van der Waals surface area contributed by atoms with E-state index in [0.717, 1.165) is 6.92 Å². The van der Waals surface area contributed by atoms with Gasteiger partial charge in [0.1, 0.15) is 12.2 Å². The number of esters is 1. The lowest BCUT2D eigenvalue weighted by Crippen LogP contribution is -2.59. The first kappa shape index (κ1) is 11.9. The molecular formula is C7H11BrO6. The first-order valence-electron chi connectivity index (χ1n) is 3.93. The van der Waals surface area contributed by atoms with Crippen LogP contribution in [-0.4, -0.2) is 50.9 Å². The molecular weight excluding hydrogens is 260 g/mol. The van der Waals surface area contributed by atoms with Crippen LogP contribution in [0.25, 0.3) is 0 Å². The van der Waals surface area contributed by atoms with Crippen molar-refractivity contribution in [1.82, 2.24) is 0 Å². The predicted octanol–water partition coefficient (Wildman–Crippen LogP) is -1.29. The molecule has 1 aliphatic rings. The molecule has 1 aliphatic heterocycles. The lowest BCUT2D eigenvalue weighted by molar-refractivity contribution is -0.276. The summed E-state index contributed by atoms with van der Waals surface area (Å²) in [5.41, 5.74) is 0. The fourth-order valence-electron chi connectivity index (χ4n) is 1.08. The molecule has 7 heteroatoms. The number of carbonyl (C=O) groups excluding carboxylic acids is 1. The number of hydrogen-bond donors (Lipinski definition) is 3. The molecule has 0 bridgehead atoms. The Morgan fingerprint density at radius 3 is 2.64 bits per heavy atom. The van der Waals surface area contributed by atoms with Crippen molar-refractivity contribution in [3.63, 3.8) is 0 Å². The Morgan fingerprint density at radius 2 is 2.14 bits per heavy atom. The number of halogens is 1. The van der Waals surface area contributed by atoms with Crippen molar-refractivity contribution < 1.29 is 29.6 Å². The topological polar surface area (TPSA) is 96.2 Å². The van der Waals surface area contributed by atoms with E-state index < -0.39 is 29.0 Å². The van der Waals surface area contributed by atoms with Crippen molar-refractivity contribution in [2.24, 2.45) is 0 Å². The highest BCUT2D eigenvalue weighted by Gasteiger charge is 2.50. The Balaban J connectivity index is 2.74. The van der Waals surface area contributed by atoms with Crippen LogP contribution < -0.4 is 0 Å². The second-order valence-electron chi connectivity index (χ2n) is 2.99. The average Bonchev–Trinajstić information content (AvgIpc) is 2.08. The van der Waals surface area contributed by atoms with Gasteiger partial charge >= 0.3 is 5.97 Å². The summed E-state index contributed by atoms with van der Waals surface area (Å²) < 4.78 is 7.75. The minimum absolute atomic E-state index is 0.239. The third kappa shape index (κ3) is 2.23. The van der Waals surface area contributed by atoms with Crippen molar-refractivity contribution >= 4 is 21.9 Å². The van der Waals surface area contributed by atoms with Gasteiger partial charge < -0.3 is 24.8 Å². The fourth-order valence-corrected chi connectivity index (χ4v) is 1.71. The summed E-state index contributed by atoms with van der Waals surface area (Å²) in [4.78, 5) is 10.7. The zero-order chi connectivity index (χ0) is 10.9. The number of carbonyl (C=O) groups is 1. The molecule has 1 fully saturated rings. The van der Waals surface area contributed by atoms with Gasteiger partial charge in [-0.05, 0) is 15.9 Å². The summed E-state index contributed by atoms with van der Waals surface area (Å²) in [6.07, 6.45) is -4.18. The molecule has 4 atom stereocenters. The second kappa shape index (κ2) is 4.11. The number of alkyl halides is 1. The molecule has 14 heavy (non-hydrogen) atoms. The van der Waals surface area contributed by atoms with E-state index in [1.807, 2.05) is 0 Å². The van der Waals surface area contributed by atoms with Crippen molar-refractivity contribution in [3.8, 4) is 0 Å². The third-order valence-corrected chi connectivity index (χ3v) is 2.66. The highest BCUT2D eigenvalue weighted by atomic mass is 79.9. The van der Waals surface area contributed by atoms with Crippen LogP contribution in [0, 0.1) is 0 Å². The summed E-state index contributed by atoms with van der Waals surface area (Å²) in [6.45, 7) is 0.896. The Bertz CT molecular complexity index is 234. The maximum absolute atomic E-state index is 10.7. The lowest BCUT2D eigenvalue weighted by Gasteiger charge is -2.40. The highest BCUT2D eigenvalue weighted by molar-refractivity contribution is 9.10. The molecule has 6 nitrogen and oxygen atoms in total. The van der Waals surface area contributed by atoms with Gasteiger partial charge in [-0.2, -0.15) is 0 Å². The average molecular weight is 271 g/mol. The van der Waals surface area contributed by atoms with Crippen molar-refractivity contribution in [2.75, 3.05) is 6.61 Å². The van der Waals surface area contributed by atoms with Gasteiger partial charge in [0.2, 0.25) is 0 Å². The van der Waals surface area contributed by atoms with Crippen LogP contribution >= 0.6 is 15.9 Å². The van der Waals surface area contributed by atoms with Gasteiger partial charge in [-0.25, -0.2) is 0 Å². The quantitative estimate of drug-likeness (QED) is 0.405. The minimum atomic E-state index is -1.78. The van der Waals surface area contributed by atoms with E-state index in [0.29, 0.717) is 0 Å². The van der Waals surface area contributed by atoms with Crippen molar-refractivity contribution in [2.45, 2.75) is 29.9 Å². The van der Waals surface area contributed by atoms with Crippen molar-refractivity contribution in [1.29, 1.82) is 0 Å². The van der Waals surface area contributed by atoms with Gasteiger partial charge in [0, 0.05) is 6.92 Å². The van der Waals surface area contributed by atoms with Crippen LogP contribution in [0.15, 0.2) is 0 Å². The summed E-state index contributed by atoms with van der Waals surface area (Å²) in [6, 6.07) is 0. The normalized spacial score (nSPS) is 43.4. The maximum atomic E-state index is 10.7. The van der Waals surface area contributed by atoms with Gasteiger partial charge in [0.05, 0.1) is 6.61 Å². The van der Waals surface area contributed by atoms with Gasteiger partial charge in [0.15, 0.2) is 6.10 Å². The summed E-state index contributed by atoms with van der Waals surface area (Å²) in [7, 11) is 0. The summed E-state index contributed by atoms with van der Waals surface area (Å²) >= 11 is 2.84. The molecule has 0 aromatic heterocycles. The molecule has 0 unspecified atom stereocenters. The molecule has 0 saturated carbocycles. The maximum Gasteiger partial charge on any atom is 0.305 e. The highest BCUT2D eigenvalue weighted by Crippen LogP contribution is 2.33. The van der Waals surface area contributed by atoms with Crippen LogP contribution in [0.1, 0.15) is 6.92 Å². The lowest BCUT2D eigenvalue weighted by atomic mass is 10.1. The zero-order valence-electron chi connectivity index (χ0n) is 7.38. The largest absolute Gasteiger partial charge is 0.420 e. The third-order valence-electron chi connectivity index (χ3n) is 1.80. The van der Waals surface area contributed by atoms with Gasteiger partial charge in [-0.15, -0.1) is 0 Å². The summed E-state index contributed by atoms with van der Waals surface area (Å²) in [5.74, 6) is -0.676. The smallest absolute Gasteiger partial charge is 0.305 e. The molecule has 1 saturated heterocycles. The molecule has 1 heterocycles. The monoisotopic (exact) mass is 270 g/mol. The van der Waals surface area contributed by atoms with E-state index >= 15 is 0 Å². The standard InChI is InChI=1S/C7H11BrO6/c1-3(9)14-7(8)6(12)5(11)4(10)2-13-7/h4-6,10-12H,2H2,1H3/t4-,5+,6-,7+/m1/s1. The SMILES string of the molecule is CC(=O)O[C@@]1(Br)OC[C@@H](O)[C@H](O)[C@H]1O. The van der Waals surface area contributed by atoms with Gasteiger partial charge in [-0.3, -0.25) is 4.79 Å². The van der Waals surface area contributed by atoms with E-state index in [1.165, 1.54) is 0 Å². The van der Waals surface area contributed by atoms with Crippen LogP contribution in [0.5, 0.6) is 0 Å². The first-order chi connectivity index (χ1) is 6.37. The van der Waals surface area contributed by atoms with E-state index in [4.69, 9.17) is 9.84 Å². The predicted molar refractivity (Wildman–Crippen MR) is 47.4 cm³/mol. The van der Waals surface area contributed by atoms with E-state index in [9.17, 15) is 15.0 Å². The second-order valence-corrected chi connectivity index (χ2v) is 4.10. The van der Waals surface area contributed by atoms with Crippen LogP contribution in [0.4, 0.5) is 0 Å². The molecule has 82 valence electrons. The van der Waals surface area contributed by atoms with E-state index in [2.05, 4.69) is 20.7 Å². The summed E-state index contributed by atoms with van der Waals surface area (Å²) in [5, 5.41) is 27.9. The Morgan fingerprint density at radius 1 is 1.57 bits per heavy atom. The molecule has 0 spiro atoms. The number of hydrogen-bond acceptors (Lipinski definition) is 6.